The molecule has 0 aromatic carbocycles. The highest BCUT2D eigenvalue weighted by Crippen LogP contribution is 2.12. The van der Waals surface area contributed by atoms with Gasteiger partial charge in [-0.2, -0.15) is 0 Å². The lowest BCUT2D eigenvalue weighted by molar-refractivity contribution is -0.120. The molecule has 0 amide bonds. The molecule has 0 aliphatic carbocycles. The zero-order chi connectivity index (χ0) is 8.65. The Morgan fingerprint density at radius 3 is 2.75 bits per heavy atom. The van der Waals surface area contributed by atoms with Crippen molar-refractivity contribution in [3.8, 4) is 5.06 Å². The first-order valence-electron chi connectivity index (χ1n) is 3.40. The van der Waals surface area contributed by atoms with Gasteiger partial charge in [-0.3, -0.25) is 4.79 Å². The summed E-state index contributed by atoms with van der Waals surface area (Å²) in [4.78, 5) is 10.0. The number of carbonyl (C=O) groups excluding carboxylic acids is 1. The van der Waals surface area contributed by atoms with Crippen LogP contribution in [0.5, 0.6) is 5.06 Å². The van der Waals surface area contributed by atoms with E-state index in [9.17, 15) is 4.79 Å². The molecule has 0 radical (unpaired) electrons. The Morgan fingerprint density at radius 1 is 1.17 bits per heavy atom. The van der Waals surface area contributed by atoms with Crippen LogP contribution in [0, 0.1) is 0 Å². The fourth-order valence-corrected chi connectivity index (χ4v) is 1.19. The van der Waals surface area contributed by atoms with E-state index in [1.165, 1.54) is 11.3 Å². The summed E-state index contributed by atoms with van der Waals surface area (Å²) in [5, 5.41) is 2.42. The van der Waals surface area contributed by atoms with Gasteiger partial charge in [-0.05, 0) is 11.4 Å². The Morgan fingerprint density at radius 2 is 1.92 bits per heavy atom. The molecule has 0 saturated carbocycles. The zero-order valence-corrected chi connectivity index (χ0v) is 7.16. The van der Waals surface area contributed by atoms with Gasteiger partial charge >= 0.3 is 0 Å². The van der Waals surface area contributed by atoms with E-state index < -0.39 is 0 Å². The van der Waals surface area contributed by atoms with E-state index in [1.54, 1.807) is 6.07 Å². The average Bonchev–Trinajstić information content (AvgIpc) is 2.19. The molecule has 3 heteroatoms. The molecule has 0 aliphatic heterocycles. The Balaban J connectivity index is 3.01. The van der Waals surface area contributed by atoms with Crippen molar-refractivity contribution in [1.82, 2.24) is 0 Å². The average molecular weight is 180 g/mol. The molecule has 1 heterocycles. The van der Waals surface area contributed by atoms with Crippen LogP contribution < -0.4 is 4.74 Å². The minimum atomic E-state index is 0.422. The summed E-state index contributed by atoms with van der Waals surface area (Å²) in [6.45, 7) is 0.422. The maximum absolute atomic E-state index is 10.0. The smallest absolute Gasteiger partial charge is 0.299 e. The fraction of sp³-hybridized carbons (Fsp3) is 0. The Kier molecular flexibility index (Phi) is 3.88. The Hall–Kier alpha value is -1.35. The van der Waals surface area contributed by atoms with Gasteiger partial charge in [0.05, 0.1) is 0 Å². The SMILES string of the molecule is O=COc1cccccccs1. The first kappa shape index (κ1) is 8.74. The van der Waals surface area contributed by atoms with E-state index in [2.05, 4.69) is 4.74 Å². The highest BCUT2D eigenvalue weighted by Gasteiger charge is 1.83. The van der Waals surface area contributed by atoms with Crippen LogP contribution in [0.2, 0.25) is 0 Å². The van der Waals surface area contributed by atoms with Crippen molar-refractivity contribution in [3.63, 3.8) is 0 Å². The molecule has 1 aromatic rings. The molecule has 0 bridgehead atoms. The monoisotopic (exact) mass is 180 g/mol. The fourth-order valence-electron chi connectivity index (χ4n) is 0.632. The number of hydrogen-bond donors (Lipinski definition) is 0. The first-order chi connectivity index (χ1) is 5.93. The molecule has 0 N–H and O–H groups in total. The summed E-state index contributed by atoms with van der Waals surface area (Å²) < 4.78 is 4.69. The minimum Gasteiger partial charge on any atom is -0.418 e. The number of ether oxygens (including phenoxy) is 1. The van der Waals surface area contributed by atoms with E-state index in [4.69, 9.17) is 0 Å². The van der Waals surface area contributed by atoms with E-state index in [0.717, 1.165) is 0 Å². The van der Waals surface area contributed by atoms with Gasteiger partial charge in [0.1, 0.15) is 0 Å². The zero-order valence-electron chi connectivity index (χ0n) is 6.34. The van der Waals surface area contributed by atoms with Crippen molar-refractivity contribution in [1.29, 1.82) is 0 Å². The summed E-state index contributed by atoms with van der Waals surface area (Å²) in [6, 6.07) is 11.1. The van der Waals surface area contributed by atoms with Crippen molar-refractivity contribution < 1.29 is 9.53 Å². The molecule has 0 spiro atoms. The largest absolute Gasteiger partial charge is 0.418 e. The predicted octanol–water partition coefficient (Wildman–Crippen LogP) is 2.41. The lowest BCUT2D eigenvalue weighted by Crippen LogP contribution is -1.83. The third kappa shape index (κ3) is 3.16. The third-order valence-electron chi connectivity index (χ3n) is 1.10. The molecule has 1 aromatic heterocycles. The minimum absolute atomic E-state index is 0.422. The van der Waals surface area contributed by atoms with E-state index in [-0.39, 0.29) is 0 Å². The molecule has 12 heavy (non-hydrogen) atoms. The molecule has 0 saturated heterocycles. The maximum atomic E-state index is 10.0. The molecule has 0 atom stereocenters. The van der Waals surface area contributed by atoms with Gasteiger partial charge in [-0.15, -0.1) is 11.3 Å². The first-order valence-corrected chi connectivity index (χ1v) is 4.28. The van der Waals surface area contributed by atoms with Gasteiger partial charge in [0.25, 0.3) is 6.47 Å². The molecule has 2 nitrogen and oxygen atoms in total. The summed E-state index contributed by atoms with van der Waals surface area (Å²) in [6.07, 6.45) is 0. The lowest BCUT2D eigenvalue weighted by Gasteiger charge is -1.88. The number of carbonyl (C=O) groups is 1. The normalized spacial score (nSPS) is 8.33. The second-order valence-electron chi connectivity index (χ2n) is 1.92. The number of rotatable bonds is 2. The van der Waals surface area contributed by atoms with Crippen molar-refractivity contribution in [2.75, 3.05) is 0 Å². The molecule has 62 valence electrons. The second kappa shape index (κ2) is 5.32. The summed E-state index contributed by atoms with van der Waals surface area (Å²) in [7, 11) is 0. The second-order valence-corrected chi connectivity index (χ2v) is 2.83. The van der Waals surface area contributed by atoms with Gasteiger partial charge < -0.3 is 4.74 Å². The molecule has 0 fully saturated rings. The van der Waals surface area contributed by atoms with Crippen LogP contribution in [0.15, 0.2) is 41.8 Å². The van der Waals surface area contributed by atoms with Crippen LogP contribution in [0.25, 0.3) is 0 Å². The van der Waals surface area contributed by atoms with E-state index in [0.29, 0.717) is 11.5 Å². The summed E-state index contributed by atoms with van der Waals surface area (Å²) in [5.41, 5.74) is 0. The van der Waals surface area contributed by atoms with Crippen LogP contribution in [-0.4, -0.2) is 6.47 Å². The van der Waals surface area contributed by atoms with Crippen LogP contribution in [0.4, 0.5) is 0 Å². The molecule has 1 rings (SSSR count). The molecule has 0 aliphatic rings. The van der Waals surface area contributed by atoms with Crippen LogP contribution in [-0.2, 0) is 4.79 Å². The molecular formula is C9H8O2S. The quantitative estimate of drug-likeness (QED) is 0.653. The third-order valence-corrected chi connectivity index (χ3v) is 1.86. The summed E-state index contributed by atoms with van der Waals surface area (Å²) >= 11 is 1.36. The highest BCUT2D eigenvalue weighted by atomic mass is 32.1. The highest BCUT2D eigenvalue weighted by molar-refractivity contribution is 7.11. The van der Waals surface area contributed by atoms with Gasteiger partial charge in [0, 0.05) is 0 Å². The van der Waals surface area contributed by atoms with Crippen molar-refractivity contribution in [2.45, 2.75) is 0 Å². The summed E-state index contributed by atoms with van der Waals surface area (Å²) in [5.74, 6) is 0. The van der Waals surface area contributed by atoms with Crippen LogP contribution in [0.3, 0.4) is 0 Å². The molecule has 0 unspecified atom stereocenters. The predicted molar refractivity (Wildman–Crippen MR) is 48.6 cm³/mol. The van der Waals surface area contributed by atoms with Gasteiger partial charge in [-0.25, -0.2) is 0 Å². The Labute approximate surface area is 74.8 Å². The van der Waals surface area contributed by atoms with E-state index in [1.807, 2.05) is 35.7 Å². The van der Waals surface area contributed by atoms with Crippen LogP contribution in [0.1, 0.15) is 0 Å². The van der Waals surface area contributed by atoms with Crippen molar-refractivity contribution in [3.05, 3.63) is 41.8 Å². The number of hydrogen-bond acceptors (Lipinski definition) is 3. The molecular weight excluding hydrogens is 172 g/mol. The Bertz CT molecular complexity index is 268. The van der Waals surface area contributed by atoms with Crippen molar-refractivity contribution >= 4 is 17.8 Å². The van der Waals surface area contributed by atoms with Crippen LogP contribution >= 0.6 is 11.3 Å². The van der Waals surface area contributed by atoms with E-state index >= 15 is 0 Å². The maximum Gasteiger partial charge on any atom is 0.299 e. The lowest BCUT2D eigenvalue weighted by atomic mass is 10.5. The standard InChI is InChI=1S/C9H8O2S/c10-8-11-9-6-4-2-1-3-5-7-12-9/h1-8H. The van der Waals surface area contributed by atoms with Crippen molar-refractivity contribution in [2.24, 2.45) is 0 Å². The topological polar surface area (TPSA) is 26.3 Å². The van der Waals surface area contributed by atoms with Gasteiger partial charge in [0.15, 0.2) is 5.06 Å². The van der Waals surface area contributed by atoms with Gasteiger partial charge in [0.2, 0.25) is 0 Å². The van der Waals surface area contributed by atoms with Gasteiger partial charge in [-0.1, -0.05) is 30.3 Å².